The zero-order valence-electron chi connectivity index (χ0n) is 8.69. The van der Waals surface area contributed by atoms with Gasteiger partial charge in [0.1, 0.15) is 0 Å². The lowest BCUT2D eigenvalue weighted by Crippen LogP contribution is -2.26. The van der Waals surface area contributed by atoms with Crippen LogP contribution in [0.15, 0.2) is 22.8 Å². The van der Waals surface area contributed by atoms with Gasteiger partial charge in [-0.2, -0.15) is 11.8 Å². The molecule has 0 bridgehead atoms. The summed E-state index contributed by atoms with van der Waals surface area (Å²) >= 11 is 6.99. The second kappa shape index (κ2) is 6.07. The molecule has 1 unspecified atom stereocenters. The molecule has 5 heteroatoms. The van der Waals surface area contributed by atoms with Crippen molar-refractivity contribution >= 4 is 45.2 Å². The maximum absolute atomic E-state index is 12.0. The Hall–Kier alpha value is -0.000000000000000222. The lowest BCUT2D eigenvalue weighted by molar-refractivity contribution is -0.117. The van der Waals surface area contributed by atoms with Crippen LogP contribution < -0.4 is 0 Å². The predicted octanol–water partition coefficient (Wildman–Crippen LogP) is 2.80. The van der Waals surface area contributed by atoms with Crippen LogP contribution in [0.5, 0.6) is 0 Å². The number of pyridine rings is 1. The minimum Gasteiger partial charge on any atom is -0.298 e. The monoisotopic (exact) mass is 317 g/mol. The summed E-state index contributed by atoms with van der Waals surface area (Å²) in [5, 5.41) is 0.171. The van der Waals surface area contributed by atoms with Crippen LogP contribution in [-0.4, -0.2) is 33.3 Å². The third kappa shape index (κ3) is 3.50. The van der Waals surface area contributed by atoms with Crippen molar-refractivity contribution in [2.24, 2.45) is 0 Å². The van der Waals surface area contributed by atoms with Crippen LogP contribution in [0.2, 0.25) is 0 Å². The normalized spacial score (nSPS) is 20.7. The van der Waals surface area contributed by atoms with Crippen LogP contribution in [0.25, 0.3) is 0 Å². The SMILES string of the molecule is O=C(Cc1ccc(Br)cn1)C1CSCCS1. The molecule has 0 radical (unpaired) electrons. The maximum Gasteiger partial charge on any atom is 0.152 e. The molecule has 1 saturated heterocycles. The highest BCUT2D eigenvalue weighted by molar-refractivity contribution is 9.10. The van der Waals surface area contributed by atoms with Crippen LogP contribution in [0.3, 0.4) is 0 Å². The van der Waals surface area contributed by atoms with Crippen molar-refractivity contribution in [1.29, 1.82) is 0 Å². The van der Waals surface area contributed by atoms with E-state index in [0.29, 0.717) is 12.2 Å². The van der Waals surface area contributed by atoms with Gasteiger partial charge in [0.05, 0.1) is 5.25 Å². The Balaban J connectivity index is 1.93. The van der Waals surface area contributed by atoms with Gasteiger partial charge in [0.25, 0.3) is 0 Å². The molecule has 1 aromatic heterocycles. The number of ketones is 1. The van der Waals surface area contributed by atoms with Crippen molar-refractivity contribution in [3.63, 3.8) is 0 Å². The molecule has 2 heterocycles. The van der Waals surface area contributed by atoms with Crippen molar-refractivity contribution in [2.45, 2.75) is 11.7 Å². The Bertz CT molecular complexity index is 363. The lowest BCUT2D eigenvalue weighted by atomic mass is 10.1. The first-order chi connectivity index (χ1) is 7.75. The molecule has 1 aromatic rings. The first-order valence-corrected chi connectivity index (χ1v) is 8.08. The molecule has 0 aromatic carbocycles. The highest BCUT2D eigenvalue weighted by atomic mass is 79.9. The average Bonchev–Trinajstić information content (AvgIpc) is 2.33. The fourth-order valence-corrected chi connectivity index (χ4v) is 4.36. The van der Waals surface area contributed by atoms with Crippen LogP contribution in [0, 0.1) is 0 Å². The van der Waals surface area contributed by atoms with Crippen molar-refractivity contribution in [1.82, 2.24) is 4.98 Å². The summed E-state index contributed by atoms with van der Waals surface area (Å²) in [6.07, 6.45) is 2.21. The lowest BCUT2D eigenvalue weighted by Gasteiger charge is -2.19. The fraction of sp³-hybridized carbons (Fsp3) is 0.455. The zero-order valence-corrected chi connectivity index (χ0v) is 11.9. The minimum atomic E-state index is 0.171. The van der Waals surface area contributed by atoms with Gasteiger partial charge in [0.2, 0.25) is 0 Å². The van der Waals surface area contributed by atoms with Gasteiger partial charge in [0.15, 0.2) is 5.78 Å². The van der Waals surface area contributed by atoms with Crippen LogP contribution in [0.1, 0.15) is 5.69 Å². The fourth-order valence-electron chi connectivity index (χ4n) is 1.48. The van der Waals surface area contributed by atoms with Gasteiger partial charge in [-0.25, -0.2) is 0 Å². The number of rotatable bonds is 3. The molecular weight excluding hydrogens is 306 g/mol. The zero-order chi connectivity index (χ0) is 11.4. The molecule has 1 atom stereocenters. The van der Waals surface area contributed by atoms with Crippen molar-refractivity contribution in [2.75, 3.05) is 17.3 Å². The largest absolute Gasteiger partial charge is 0.298 e. The van der Waals surface area contributed by atoms with E-state index in [1.54, 1.807) is 18.0 Å². The third-order valence-electron chi connectivity index (χ3n) is 2.32. The number of thioether (sulfide) groups is 2. The summed E-state index contributed by atoms with van der Waals surface area (Å²) in [4.78, 5) is 16.2. The summed E-state index contributed by atoms with van der Waals surface area (Å²) < 4.78 is 0.950. The number of aromatic nitrogens is 1. The van der Waals surface area contributed by atoms with E-state index in [9.17, 15) is 4.79 Å². The Labute approximate surface area is 112 Å². The first-order valence-electron chi connectivity index (χ1n) is 5.08. The van der Waals surface area contributed by atoms with Crippen LogP contribution in [0.4, 0.5) is 0 Å². The molecule has 1 aliphatic rings. The smallest absolute Gasteiger partial charge is 0.152 e. The van der Waals surface area contributed by atoms with E-state index in [1.807, 2.05) is 23.9 Å². The molecular formula is C11H12BrNOS2. The number of hydrogen-bond acceptors (Lipinski definition) is 4. The topological polar surface area (TPSA) is 30.0 Å². The van der Waals surface area contributed by atoms with Crippen molar-refractivity contribution in [3.05, 3.63) is 28.5 Å². The first kappa shape index (κ1) is 12.5. The summed E-state index contributed by atoms with van der Waals surface area (Å²) in [6.45, 7) is 0. The average molecular weight is 318 g/mol. The number of nitrogens with zero attached hydrogens (tertiary/aromatic N) is 1. The Morgan fingerprint density at radius 2 is 2.38 bits per heavy atom. The standard InChI is InChI=1S/C11H12BrNOS2/c12-8-1-2-9(13-6-8)5-10(14)11-7-15-3-4-16-11/h1-2,6,11H,3-5,7H2. The molecule has 0 N–H and O–H groups in total. The van der Waals surface area contributed by atoms with Gasteiger partial charge in [-0.15, -0.1) is 11.8 Å². The molecule has 16 heavy (non-hydrogen) atoms. The van der Waals surface area contributed by atoms with Crippen LogP contribution >= 0.6 is 39.5 Å². The number of Topliss-reactive ketones (excluding diaryl/α,β-unsaturated/α-hetero) is 1. The van der Waals surface area contributed by atoms with Gasteiger partial charge in [-0.3, -0.25) is 9.78 Å². The van der Waals surface area contributed by atoms with E-state index in [-0.39, 0.29) is 5.25 Å². The van der Waals surface area contributed by atoms with E-state index in [4.69, 9.17) is 0 Å². The van der Waals surface area contributed by atoms with Crippen LogP contribution in [-0.2, 0) is 11.2 Å². The van der Waals surface area contributed by atoms with Crippen molar-refractivity contribution < 1.29 is 4.79 Å². The van der Waals surface area contributed by atoms with E-state index in [2.05, 4.69) is 20.9 Å². The molecule has 0 spiro atoms. The summed E-state index contributed by atoms with van der Waals surface area (Å²) in [6, 6.07) is 3.83. The molecule has 1 aliphatic heterocycles. The van der Waals surface area contributed by atoms with Gasteiger partial charge in [-0.1, -0.05) is 0 Å². The molecule has 2 rings (SSSR count). The molecule has 86 valence electrons. The van der Waals surface area contributed by atoms with Gasteiger partial charge >= 0.3 is 0 Å². The van der Waals surface area contributed by atoms with E-state index >= 15 is 0 Å². The van der Waals surface area contributed by atoms with E-state index in [1.165, 1.54) is 5.75 Å². The molecule has 0 amide bonds. The molecule has 0 saturated carbocycles. The second-order valence-corrected chi connectivity index (χ2v) is 6.92. The molecule has 0 aliphatic carbocycles. The number of carbonyl (C=O) groups is 1. The Morgan fingerprint density at radius 3 is 3.00 bits per heavy atom. The molecule has 1 fully saturated rings. The number of hydrogen-bond donors (Lipinski definition) is 0. The third-order valence-corrected chi connectivity index (χ3v) is 5.59. The second-order valence-electron chi connectivity index (χ2n) is 3.55. The minimum absolute atomic E-state index is 0.171. The van der Waals surface area contributed by atoms with Gasteiger partial charge in [-0.05, 0) is 28.1 Å². The summed E-state index contributed by atoms with van der Waals surface area (Å²) in [5.74, 6) is 3.53. The number of halogens is 1. The maximum atomic E-state index is 12.0. The Morgan fingerprint density at radius 1 is 1.50 bits per heavy atom. The van der Waals surface area contributed by atoms with Crippen molar-refractivity contribution in [3.8, 4) is 0 Å². The highest BCUT2D eigenvalue weighted by Crippen LogP contribution is 2.25. The molecule has 2 nitrogen and oxygen atoms in total. The van der Waals surface area contributed by atoms with Gasteiger partial charge < -0.3 is 0 Å². The highest BCUT2D eigenvalue weighted by Gasteiger charge is 2.22. The quantitative estimate of drug-likeness (QED) is 0.857. The van der Waals surface area contributed by atoms with E-state index in [0.717, 1.165) is 21.7 Å². The van der Waals surface area contributed by atoms with E-state index < -0.39 is 0 Å². The summed E-state index contributed by atoms with van der Waals surface area (Å²) in [5.41, 5.74) is 0.865. The summed E-state index contributed by atoms with van der Waals surface area (Å²) in [7, 11) is 0. The number of carbonyl (C=O) groups excluding carboxylic acids is 1. The Kier molecular flexibility index (Phi) is 4.73. The predicted molar refractivity (Wildman–Crippen MR) is 74.2 cm³/mol. The van der Waals surface area contributed by atoms with Gasteiger partial charge in [0, 0.05) is 40.0 Å².